The van der Waals surface area contributed by atoms with Gasteiger partial charge in [0.1, 0.15) is 5.92 Å². The maximum atomic E-state index is 10.8. The molecule has 0 heterocycles. The van der Waals surface area contributed by atoms with Crippen LogP contribution in [0.3, 0.4) is 0 Å². The Balaban J connectivity index is 2.11. The van der Waals surface area contributed by atoms with Crippen LogP contribution in [0.1, 0.15) is 5.56 Å². The van der Waals surface area contributed by atoms with Gasteiger partial charge in [-0.15, -0.1) is 0 Å². The number of benzene rings is 1. The van der Waals surface area contributed by atoms with Crippen LogP contribution in [0.25, 0.3) is 0 Å². The van der Waals surface area contributed by atoms with E-state index in [0.717, 1.165) is 5.56 Å². The Morgan fingerprint density at radius 3 is 2.65 bits per heavy atom. The van der Waals surface area contributed by atoms with Crippen LogP contribution in [0.4, 0.5) is 0 Å². The highest BCUT2D eigenvalue weighted by atomic mass is 16.6. The number of hydrogen-bond donors (Lipinski definition) is 0. The first-order valence-electron chi connectivity index (χ1n) is 5.20. The molecule has 0 spiro atoms. The molecule has 3 heteroatoms. The molecule has 1 aliphatic rings. The highest BCUT2D eigenvalue weighted by molar-refractivity contribution is 5.39. The monoisotopic (exact) mass is 224 g/mol. The van der Waals surface area contributed by atoms with E-state index in [4.69, 9.17) is 0 Å². The molecule has 1 aromatic rings. The molecular weight excluding hydrogens is 214 g/mol. The van der Waals surface area contributed by atoms with E-state index in [1.165, 1.54) is 6.42 Å². The number of rotatable bonds is 1. The molecule has 1 saturated carbocycles. The van der Waals surface area contributed by atoms with Crippen molar-refractivity contribution >= 4 is 0 Å². The Hall–Kier alpha value is -1.82. The van der Waals surface area contributed by atoms with E-state index in [0.29, 0.717) is 0 Å². The Kier molecular flexibility index (Phi) is 3.77. The predicted molar refractivity (Wildman–Crippen MR) is 64.2 cm³/mol. The van der Waals surface area contributed by atoms with Crippen molar-refractivity contribution in [3.05, 3.63) is 77.7 Å². The molecule has 1 aromatic carbocycles. The average Bonchev–Trinajstić information content (AvgIpc) is 2.38. The maximum Gasteiger partial charge on any atom is 0.309 e. The van der Waals surface area contributed by atoms with Crippen molar-refractivity contribution in [1.82, 2.24) is 0 Å². The molecule has 0 aliphatic heterocycles. The normalized spacial score (nSPS) is 20.4. The second-order valence-electron chi connectivity index (χ2n) is 3.54. The van der Waals surface area contributed by atoms with Gasteiger partial charge in [0.15, 0.2) is 0 Å². The summed E-state index contributed by atoms with van der Waals surface area (Å²) in [4.78, 5) is 10.4. The molecule has 3 nitrogen and oxygen atoms in total. The third kappa shape index (κ3) is 3.07. The number of nitrogens with zero attached hydrogens (tertiary/aromatic N) is 1. The van der Waals surface area contributed by atoms with Crippen LogP contribution >= 0.6 is 0 Å². The van der Waals surface area contributed by atoms with Crippen LogP contribution in [0.15, 0.2) is 30.3 Å². The van der Waals surface area contributed by atoms with E-state index in [1.807, 2.05) is 30.3 Å². The summed E-state index contributed by atoms with van der Waals surface area (Å²) in [7, 11) is 0. The lowest BCUT2D eigenvalue weighted by Gasteiger charge is -2.17. The lowest BCUT2D eigenvalue weighted by atomic mass is 9.85. The van der Waals surface area contributed by atoms with Crippen molar-refractivity contribution in [3.8, 4) is 11.8 Å². The van der Waals surface area contributed by atoms with Gasteiger partial charge in [-0.2, -0.15) is 0 Å². The van der Waals surface area contributed by atoms with E-state index in [1.54, 1.807) is 19.3 Å². The first-order valence-corrected chi connectivity index (χ1v) is 5.20. The highest BCUT2D eigenvalue weighted by Gasteiger charge is 2.36. The minimum Gasteiger partial charge on any atom is -0.264 e. The van der Waals surface area contributed by atoms with Crippen molar-refractivity contribution in [1.29, 1.82) is 0 Å². The maximum absolute atomic E-state index is 10.8. The summed E-state index contributed by atoms with van der Waals surface area (Å²) in [6.07, 6.45) is 6.65. The Labute approximate surface area is 101 Å². The topological polar surface area (TPSA) is 43.1 Å². The average molecular weight is 224 g/mol. The van der Waals surface area contributed by atoms with Gasteiger partial charge in [-0.25, -0.2) is 0 Å². The molecule has 0 amide bonds. The minimum atomic E-state index is -0.435. The first kappa shape index (κ1) is 11.7. The Bertz CT molecular complexity index is 444. The van der Waals surface area contributed by atoms with Crippen molar-refractivity contribution in [2.24, 2.45) is 5.92 Å². The predicted octanol–water partition coefficient (Wildman–Crippen LogP) is 2.29. The summed E-state index contributed by atoms with van der Waals surface area (Å²) < 4.78 is 0. The third-order valence-corrected chi connectivity index (χ3v) is 2.36. The molecule has 0 bridgehead atoms. The SMILES string of the molecule is O=[N+]([O-])[C]1[CH][CH][CH][CH][C@@H]1C#Cc1ccccc1. The van der Waals surface area contributed by atoms with E-state index in [2.05, 4.69) is 11.8 Å². The van der Waals surface area contributed by atoms with Crippen LogP contribution in [-0.2, 0) is 0 Å². The Morgan fingerprint density at radius 2 is 1.94 bits per heavy atom. The van der Waals surface area contributed by atoms with Crippen LogP contribution in [0.2, 0.25) is 0 Å². The zero-order valence-corrected chi connectivity index (χ0v) is 9.04. The van der Waals surface area contributed by atoms with E-state index in [9.17, 15) is 10.1 Å². The zero-order valence-electron chi connectivity index (χ0n) is 9.04. The van der Waals surface area contributed by atoms with Gasteiger partial charge in [0.2, 0.25) is 0 Å². The molecule has 1 aliphatic carbocycles. The molecule has 1 fully saturated rings. The summed E-state index contributed by atoms with van der Waals surface area (Å²) in [6.45, 7) is 0. The lowest BCUT2D eigenvalue weighted by Crippen LogP contribution is -2.24. The highest BCUT2D eigenvalue weighted by Crippen LogP contribution is 2.28. The van der Waals surface area contributed by atoms with Gasteiger partial charge in [0.25, 0.3) is 0 Å². The first-order chi connectivity index (χ1) is 8.27. The van der Waals surface area contributed by atoms with E-state index >= 15 is 0 Å². The Morgan fingerprint density at radius 1 is 1.18 bits per heavy atom. The molecule has 17 heavy (non-hydrogen) atoms. The smallest absolute Gasteiger partial charge is 0.264 e. The van der Waals surface area contributed by atoms with Crippen LogP contribution in [0.5, 0.6) is 0 Å². The summed E-state index contributed by atoms with van der Waals surface area (Å²) in [5.74, 6) is 5.41. The minimum absolute atomic E-state index is 0.121. The van der Waals surface area contributed by atoms with Crippen LogP contribution in [0, 0.1) is 59.6 Å². The second kappa shape index (κ2) is 5.49. The second-order valence-corrected chi connectivity index (χ2v) is 3.54. The van der Waals surface area contributed by atoms with Gasteiger partial charge < -0.3 is 0 Å². The molecular formula is C14H10NO2. The summed E-state index contributed by atoms with van der Waals surface area (Å²) in [5.41, 5.74) is 0.859. The fraction of sp³-hybridized carbons (Fsp3) is 0.0714. The molecule has 83 valence electrons. The van der Waals surface area contributed by atoms with E-state index < -0.39 is 5.92 Å². The number of nitro groups is 1. The van der Waals surface area contributed by atoms with Crippen molar-refractivity contribution in [3.63, 3.8) is 0 Å². The fourth-order valence-electron chi connectivity index (χ4n) is 1.51. The van der Waals surface area contributed by atoms with Crippen molar-refractivity contribution in [2.45, 2.75) is 0 Å². The van der Waals surface area contributed by atoms with Gasteiger partial charge in [-0.05, 0) is 31.4 Å². The molecule has 0 aromatic heterocycles. The largest absolute Gasteiger partial charge is 0.309 e. The van der Waals surface area contributed by atoms with Gasteiger partial charge in [-0.3, -0.25) is 10.1 Å². The van der Waals surface area contributed by atoms with Gasteiger partial charge in [0, 0.05) is 10.5 Å². The lowest BCUT2D eigenvalue weighted by molar-refractivity contribution is -0.465. The zero-order chi connectivity index (χ0) is 12.1. The van der Waals surface area contributed by atoms with Crippen molar-refractivity contribution in [2.75, 3.05) is 0 Å². The number of hydrogen-bond acceptors (Lipinski definition) is 2. The van der Waals surface area contributed by atoms with Crippen LogP contribution in [-0.4, -0.2) is 4.92 Å². The summed E-state index contributed by atoms with van der Waals surface area (Å²) in [6, 6.07) is 9.55. The van der Waals surface area contributed by atoms with Gasteiger partial charge in [-0.1, -0.05) is 30.0 Å². The molecule has 0 saturated heterocycles. The molecule has 2 rings (SSSR count). The standard InChI is InChI=1S/C14H10NO2/c16-15(17)14-9-5-4-8-13(14)11-10-12-6-2-1-3-7-12/h1-9,13H/t13-/m1/s1. The van der Waals surface area contributed by atoms with Gasteiger partial charge >= 0.3 is 6.04 Å². The van der Waals surface area contributed by atoms with Gasteiger partial charge in [0.05, 0.1) is 6.42 Å². The molecule has 0 unspecified atom stereocenters. The molecule has 5 radical (unpaired) electrons. The van der Waals surface area contributed by atoms with Crippen molar-refractivity contribution < 1.29 is 4.92 Å². The molecule has 1 atom stereocenters. The summed E-state index contributed by atoms with van der Waals surface area (Å²) >= 11 is 0. The third-order valence-electron chi connectivity index (χ3n) is 2.36. The fourth-order valence-corrected chi connectivity index (χ4v) is 1.51. The summed E-state index contributed by atoms with van der Waals surface area (Å²) in [5, 5.41) is 10.8. The molecule has 0 N–H and O–H groups in total. The van der Waals surface area contributed by atoms with E-state index in [-0.39, 0.29) is 11.0 Å². The van der Waals surface area contributed by atoms with Crippen LogP contribution < -0.4 is 0 Å². The quantitative estimate of drug-likeness (QED) is 0.417.